The molecular formula is C14H18ClN3S. The number of unbranched alkanes of at least 4 members (excludes halogenated alkanes) is 1. The van der Waals surface area contributed by atoms with Gasteiger partial charge in [-0.3, -0.25) is 0 Å². The van der Waals surface area contributed by atoms with Crippen LogP contribution in [0.15, 0.2) is 36.9 Å². The minimum absolute atomic E-state index is 0.729. The molecule has 0 aliphatic carbocycles. The molecule has 0 atom stereocenters. The molecule has 102 valence electrons. The first-order chi connectivity index (χ1) is 9.33. The van der Waals surface area contributed by atoms with Gasteiger partial charge < -0.3 is 9.88 Å². The van der Waals surface area contributed by atoms with Crippen molar-refractivity contribution >= 4 is 29.1 Å². The molecule has 19 heavy (non-hydrogen) atoms. The monoisotopic (exact) mass is 295 g/mol. The van der Waals surface area contributed by atoms with Crippen molar-refractivity contribution in [2.24, 2.45) is 0 Å². The predicted octanol–water partition coefficient (Wildman–Crippen LogP) is 4.08. The molecule has 0 amide bonds. The Kier molecular flexibility index (Phi) is 5.61. The van der Waals surface area contributed by atoms with Crippen molar-refractivity contribution < 1.29 is 0 Å². The fraction of sp³-hybridized carbons (Fsp3) is 0.357. The molecular weight excluding hydrogens is 278 g/mol. The van der Waals surface area contributed by atoms with Gasteiger partial charge in [-0.05, 0) is 37.0 Å². The molecule has 0 saturated heterocycles. The summed E-state index contributed by atoms with van der Waals surface area (Å²) in [5, 5.41) is 4.19. The molecule has 5 heteroatoms. The number of halogens is 1. The molecule has 0 saturated carbocycles. The van der Waals surface area contributed by atoms with Gasteiger partial charge in [0, 0.05) is 18.9 Å². The van der Waals surface area contributed by atoms with Gasteiger partial charge >= 0.3 is 0 Å². The van der Waals surface area contributed by atoms with Crippen molar-refractivity contribution in [3.05, 3.63) is 41.9 Å². The standard InChI is InChI=1S/C14H18ClN3S/c1-19-10-3-2-7-17-13-6-4-5-12(15)14(13)18-9-8-16-11-18/h4-6,8-9,11,17H,2-3,7,10H2,1H3. The van der Waals surface area contributed by atoms with Gasteiger partial charge in [0.1, 0.15) is 0 Å². The van der Waals surface area contributed by atoms with Gasteiger partial charge in [0.15, 0.2) is 0 Å². The zero-order valence-corrected chi connectivity index (χ0v) is 12.5. The van der Waals surface area contributed by atoms with Crippen molar-refractivity contribution in [3.8, 4) is 5.69 Å². The van der Waals surface area contributed by atoms with Gasteiger partial charge in [-0.25, -0.2) is 4.98 Å². The smallest absolute Gasteiger partial charge is 0.0992 e. The summed E-state index contributed by atoms with van der Waals surface area (Å²) in [6.07, 6.45) is 9.96. The predicted molar refractivity (Wildman–Crippen MR) is 84.7 cm³/mol. The lowest BCUT2D eigenvalue weighted by Gasteiger charge is -2.14. The van der Waals surface area contributed by atoms with Crippen LogP contribution in [0.4, 0.5) is 5.69 Å². The fourth-order valence-corrected chi connectivity index (χ4v) is 2.67. The molecule has 0 aliphatic rings. The van der Waals surface area contributed by atoms with E-state index in [9.17, 15) is 0 Å². The number of nitrogens with zero attached hydrogens (tertiary/aromatic N) is 2. The summed E-state index contributed by atoms with van der Waals surface area (Å²) in [6, 6.07) is 5.92. The third-order valence-electron chi connectivity index (χ3n) is 2.84. The van der Waals surface area contributed by atoms with Crippen LogP contribution in [0.2, 0.25) is 5.02 Å². The van der Waals surface area contributed by atoms with E-state index in [2.05, 4.69) is 22.6 Å². The van der Waals surface area contributed by atoms with Crippen LogP contribution in [-0.4, -0.2) is 28.1 Å². The number of anilines is 1. The number of hydrogen-bond acceptors (Lipinski definition) is 3. The molecule has 0 bridgehead atoms. The molecule has 0 unspecified atom stereocenters. The lowest BCUT2D eigenvalue weighted by Crippen LogP contribution is -2.06. The highest BCUT2D eigenvalue weighted by atomic mass is 35.5. The zero-order chi connectivity index (χ0) is 13.5. The lowest BCUT2D eigenvalue weighted by molar-refractivity contribution is 0.842. The molecule has 2 aromatic rings. The molecule has 0 fully saturated rings. The second-order valence-electron chi connectivity index (χ2n) is 4.23. The van der Waals surface area contributed by atoms with Crippen molar-refractivity contribution in [1.82, 2.24) is 9.55 Å². The van der Waals surface area contributed by atoms with Gasteiger partial charge in [0.05, 0.1) is 22.7 Å². The highest BCUT2D eigenvalue weighted by molar-refractivity contribution is 7.98. The second kappa shape index (κ2) is 7.46. The second-order valence-corrected chi connectivity index (χ2v) is 5.63. The quantitative estimate of drug-likeness (QED) is 0.781. The maximum Gasteiger partial charge on any atom is 0.0992 e. The minimum atomic E-state index is 0.729. The molecule has 2 rings (SSSR count). The maximum absolute atomic E-state index is 6.29. The van der Waals surface area contributed by atoms with E-state index >= 15 is 0 Å². The van der Waals surface area contributed by atoms with E-state index in [4.69, 9.17) is 11.6 Å². The van der Waals surface area contributed by atoms with Crippen LogP contribution in [-0.2, 0) is 0 Å². The molecule has 1 heterocycles. The molecule has 0 aliphatic heterocycles. The Morgan fingerprint density at radius 1 is 1.37 bits per heavy atom. The van der Waals surface area contributed by atoms with Crippen LogP contribution in [0.1, 0.15) is 12.8 Å². The van der Waals surface area contributed by atoms with E-state index in [1.807, 2.05) is 34.7 Å². The highest BCUT2D eigenvalue weighted by Gasteiger charge is 2.08. The van der Waals surface area contributed by atoms with Gasteiger partial charge in [0.2, 0.25) is 0 Å². The van der Waals surface area contributed by atoms with E-state index in [0.29, 0.717) is 0 Å². The SMILES string of the molecule is CSCCCCNc1cccc(Cl)c1-n1ccnc1. The number of para-hydroxylation sites is 1. The van der Waals surface area contributed by atoms with E-state index in [1.54, 1.807) is 12.5 Å². The van der Waals surface area contributed by atoms with E-state index in [0.717, 1.165) is 29.4 Å². The molecule has 0 radical (unpaired) electrons. The van der Waals surface area contributed by atoms with Crippen LogP contribution in [0.3, 0.4) is 0 Å². The first kappa shape index (κ1) is 14.3. The fourth-order valence-electron chi connectivity index (χ4n) is 1.91. The van der Waals surface area contributed by atoms with Crippen molar-refractivity contribution in [2.75, 3.05) is 23.9 Å². The molecule has 1 aromatic carbocycles. The van der Waals surface area contributed by atoms with Crippen LogP contribution < -0.4 is 5.32 Å². The summed E-state index contributed by atoms with van der Waals surface area (Å²) < 4.78 is 1.94. The molecule has 1 aromatic heterocycles. The van der Waals surface area contributed by atoms with Crippen LogP contribution >= 0.6 is 23.4 Å². The van der Waals surface area contributed by atoms with Gasteiger partial charge in [-0.2, -0.15) is 11.8 Å². The van der Waals surface area contributed by atoms with Gasteiger partial charge in [-0.1, -0.05) is 17.7 Å². The zero-order valence-electron chi connectivity index (χ0n) is 11.0. The maximum atomic E-state index is 6.29. The number of imidazole rings is 1. The number of thioether (sulfide) groups is 1. The Morgan fingerprint density at radius 3 is 3.00 bits per heavy atom. The Balaban J connectivity index is 2.06. The van der Waals surface area contributed by atoms with Crippen LogP contribution in [0, 0.1) is 0 Å². The number of hydrogen-bond donors (Lipinski definition) is 1. The number of benzene rings is 1. The average molecular weight is 296 g/mol. The third-order valence-corrected chi connectivity index (χ3v) is 3.84. The summed E-state index contributed by atoms with van der Waals surface area (Å²) in [4.78, 5) is 4.08. The Morgan fingerprint density at radius 2 is 2.26 bits per heavy atom. The number of nitrogens with one attached hydrogen (secondary N) is 1. The summed E-state index contributed by atoms with van der Waals surface area (Å²) in [6.45, 7) is 0.961. The molecule has 0 spiro atoms. The first-order valence-corrected chi connectivity index (χ1v) is 8.10. The van der Waals surface area contributed by atoms with E-state index in [-0.39, 0.29) is 0 Å². The summed E-state index contributed by atoms with van der Waals surface area (Å²) >= 11 is 8.18. The Labute approximate surface area is 123 Å². The highest BCUT2D eigenvalue weighted by Crippen LogP contribution is 2.28. The van der Waals surface area contributed by atoms with Crippen molar-refractivity contribution in [2.45, 2.75) is 12.8 Å². The van der Waals surface area contributed by atoms with Gasteiger partial charge in [0.25, 0.3) is 0 Å². The largest absolute Gasteiger partial charge is 0.383 e. The Bertz CT molecular complexity index is 499. The average Bonchev–Trinajstić information content (AvgIpc) is 2.92. The Hall–Kier alpha value is -1.13. The normalized spacial score (nSPS) is 10.6. The summed E-state index contributed by atoms with van der Waals surface area (Å²) in [7, 11) is 0. The van der Waals surface area contributed by atoms with Gasteiger partial charge in [-0.15, -0.1) is 0 Å². The summed E-state index contributed by atoms with van der Waals surface area (Å²) in [5.74, 6) is 1.21. The summed E-state index contributed by atoms with van der Waals surface area (Å²) in [5.41, 5.74) is 2.01. The van der Waals surface area contributed by atoms with Crippen molar-refractivity contribution in [3.63, 3.8) is 0 Å². The van der Waals surface area contributed by atoms with E-state index in [1.165, 1.54) is 12.2 Å². The topological polar surface area (TPSA) is 29.9 Å². The molecule has 3 nitrogen and oxygen atoms in total. The van der Waals surface area contributed by atoms with Crippen LogP contribution in [0.25, 0.3) is 5.69 Å². The third kappa shape index (κ3) is 3.91. The van der Waals surface area contributed by atoms with Crippen LogP contribution in [0.5, 0.6) is 0 Å². The number of rotatable bonds is 7. The molecule has 1 N–H and O–H groups in total. The van der Waals surface area contributed by atoms with E-state index < -0.39 is 0 Å². The minimum Gasteiger partial charge on any atom is -0.383 e. The number of aromatic nitrogens is 2. The first-order valence-electron chi connectivity index (χ1n) is 6.32. The lowest BCUT2D eigenvalue weighted by atomic mass is 10.2. The van der Waals surface area contributed by atoms with Crippen molar-refractivity contribution in [1.29, 1.82) is 0 Å².